The first-order valence-corrected chi connectivity index (χ1v) is 10.8. The van der Waals surface area contributed by atoms with Gasteiger partial charge in [-0.3, -0.25) is 4.90 Å². The van der Waals surface area contributed by atoms with Crippen molar-refractivity contribution in [3.63, 3.8) is 0 Å². The third-order valence-corrected chi connectivity index (χ3v) is 5.47. The molecular formula is C24H28F4N2O3. The number of anilines is 1. The molecule has 5 nitrogen and oxygen atoms in total. The van der Waals surface area contributed by atoms with E-state index in [0.717, 1.165) is 23.4 Å². The summed E-state index contributed by atoms with van der Waals surface area (Å²) in [5.74, 6) is -1.16. The number of carbonyl (C=O) groups is 1. The van der Waals surface area contributed by atoms with Crippen molar-refractivity contribution >= 4 is 11.7 Å². The summed E-state index contributed by atoms with van der Waals surface area (Å²) >= 11 is 0. The number of ether oxygens (including phenoxy) is 2. The van der Waals surface area contributed by atoms with Crippen LogP contribution in [-0.2, 0) is 22.3 Å². The Labute approximate surface area is 190 Å². The van der Waals surface area contributed by atoms with Crippen molar-refractivity contribution in [2.75, 3.05) is 37.7 Å². The Kier molecular flexibility index (Phi) is 7.51. The van der Waals surface area contributed by atoms with E-state index in [4.69, 9.17) is 9.47 Å². The number of benzene rings is 2. The molecule has 0 unspecified atom stereocenters. The fourth-order valence-corrected chi connectivity index (χ4v) is 3.63. The van der Waals surface area contributed by atoms with Gasteiger partial charge in [-0.15, -0.1) is 0 Å². The van der Waals surface area contributed by atoms with E-state index in [-0.39, 0.29) is 12.4 Å². The molecule has 3 rings (SSSR count). The number of hydrogen-bond acceptors (Lipinski definition) is 5. The zero-order valence-corrected chi connectivity index (χ0v) is 18.9. The van der Waals surface area contributed by atoms with Gasteiger partial charge in [-0.1, -0.05) is 6.07 Å². The maximum atomic E-state index is 14.6. The van der Waals surface area contributed by atoms with Crippen LogP contribution >= 0.6 is 0 Å². The van der Waals surface area contributed by atoms with Crippen LogP contribution in [-0.4, -0.2) is 49.3 Å². The summed E-state index contributed by atoms with van der Waals surface area (Å²) in [4.78, 5) is 16.2. The maximum Gasteiger partial charge on any atom is 0.416 e. The minimum Gasteiger partial charge on any atom is -0.473 e. The first-order valence-electron chi connectivity index (χ1n) is 10.8. The molecule has 0 spiro atoms. The molecule has 0 atom stereocenters. The molecule has 1 aliphatic heterocycles. The van der Waals surface area contributed by atoms with Crippen molar-refractivity contribution in [3.8, 4) is 5.75 Å². The standard InChI is InChI=1S/C24H28F4N2O3/c1-4-32-22(31)23(2,3)33-21-10-5-17(15-20(21)25)16-29-11-13-30(14-12-29)19-8-6-18(7-9-19)24(26,27)28/h5-10,15H,4,11-14,16H2,1-3H3. The molecule has 0 N–H and O–H groups in total. The van der Waals surface area contributed by atoms with Crippen molar-refractivity contribution in [2.24, 2.45) is 0 Å². The summed E-state index contributed by atoms with van der Waals surface area (Å²) in [5, 5.41) is 0. The largest absolute Gasteiger partial charge is 0.473 e. The number of piperazine rings is 1. The summed E-state index contributed by atoms with van der Waals surface area (Å²) < 4.78 is 63.3. The number of halogens is 4. The first-order chi connectivity index (χ1) is 15.5. The highest BCUT2D eigenvalue weighted by Crippen LogP contribution is 2.31. The van der Waals surface area contributed by atoms with E-state index >= 15 is 0 Å². The Morgan fingerprint density at radius 3 is 2.18 bits per heavy atom. The summed E-state index contributed by atoms with van der Waals surface area (Å²) in [5.41, 5.74) is -0.464. The van der Waals surface area contributed by atoms with Gasteiger partial charge in [0.25, 0.3) is 0 Å². The van der Waals surface area contributed by atoms with Gasteiger partial charge in [-0.25, -0.2) is 9.18 Å². The zero-order chi connectivity index (χ0) is 24.2. The Hall–Kier alpha value is -2.81. The quantitative estimate of drug-likeness (QED) is 0.428. The second-order valence-electron chi connectivity index (χ2n) is 8.41. The maximum absolute atomic E-state index is 14.6. The van der Waals surface area contributed by atoms with E-state index in [9.17, 15) is 22.4 Å². The Morgan fingerprint density at radius 1 is 1.00 bits per heavy atom. The van der Waals surface area contributed by atoms with Gasteiger partial charge >= 0.3 is 12.1 Å². The van der Waals surface area contributed by atoms with Gasteiger partial charge in [-0.05, 0) is 62.7 Å². The van der Waals surface area contributed by atoms with Crippen LogP contribution in [0.5, 0.6) is 5.75 Å². The average molecular weight is 468 g/mol. The van der Waals surface area contributed by atoms with Crippen molar-refractivity contribution in [2.45, 2.75) is 39.1 Å². The van der Waals surface area contributed by atoms with Crippen LogP contribution in [0.2, 0.25) is 0 Å². The number of alkyl halides is 3. The van der Waals surface area contributed by atoms with Crippen LogP contribution in [0.25, 0.3) is 0 Å². The molecule has 1 saturated heterocycles. The molecule has 0 saturated carbocycles. The number of nitrogens with zero attached hydrogens (tertiary/aromatic N) is 2. The minimum absolute atomic E-state index is 0.0241. The molecule has 1 aliphatic rings. The van der Waals surface area contributed by atoms with Crippen LogP contribution in [0.3, 0.4) is 0 Å². The zero-order valence-electron chi connectivity index (χ0n) is 18.9. The van der Waals surface area contributed by atoms with E-state index in [1.807, 2.05) is 4.90 Å². The predicted molar refractivity (Wildman–Crippen MR) is 117 cm³/mol. The van der Waals surface area contributed by atoms with Crippen LogP contribution in [0.1, 0.15) is 31.9 Å². The lowest BCUT2D eigenvalue weighted by atomic mass is 10.1. The van der Waals surface area contributed by atoms with Gasteiger partial charge in [0.05, 0.1) is 12.2 Å². The highest BCUT2D eigenvalue weighted by Gasteiger charge is 2.33. The lowest BCUT2D eigenvalue weighted by molar-refractivity contribution is -0.158. The highest BCUT2D eigenvalue weighted by molar-refractivity contribution is 5.79. The third kappa shape index (κ3) is 6.37. The van der Waals surface area contributed by atoms with Crippen molar-refractivity contribution in [3.05, 3.63) is 59.4 Å². The monoisotopic (exact) mass is 468 g/mol. The van der Waals surface area contributed by atoms with Gasteiger partial charge in [-0.2, -0.15) is 13.2 Å². The molecule has 0 bridgehead atoms. The van der Waals surface area contributed by atoms with Gasteiger partial charge in [0.1, 0.15) is 0 Å². The number of esters is 1. The molecule has 0 amide bonds. The Morgan fingerprint density at radius 2 is 1.64 bits per heavy atom. The summed E-state index contributed by atoms with van der Waals surface area (Å²) in [7, 11) is 0. The fourth-order valence-electron chi connectivity index (χ4n) is 3.63. The number of hydrogen-bond donors (Lipinski definition) is 0. The molecule has 33 heavy (non-hydrogen) atoms. The number of rotatable bonds is 7. The van der Waals surface area contributed by atoms with Crippen LogP contribution in [0.4, 0.5) is 23.2 Å². The number of carbonyl (C=O) groups excluding carboxylic acids is 1. The lowest BCUT2D eigenvalue weighted by Gasteiger charge is -2.36. The van der Waals surface area contributed by atoms with Crippen LogP contribution in [0.15, 0.2) is 42.5 Å². The molecule has 2 aromatic carbocycles. The van der Waals surface area contributed by atoms with E-state index < -0.39 is 29.1 Å². The van der Waals surface area contributed by atoms with Crippen LogP contribution < -0.4 is 9.64 Å². The second-order valence-corrected chi connectivity index (χ2v) is 8.41. The smallest absolute Gasteiger partial charge is 0.416 e. The normalized spacial score (nSPS) is 15.4. The third-order valence-electron chi connectivity index (χ3n) is 5.47. The summed E-state index contributed by atoms with van der Waals surface area (Å²) in [6.07, 6.45) is -4.35. The van der Waals surface area contributed by atoms with E-state index in [0.29, 0.717) is 32.7 Å². The molecular weight excluding hydrogens is 440 g/mol. The second kappa shape index (κ2) is 9.99. The molecule has 9 heteroatoms. The van der Waals surface area contributed by atoms with Crippen LogP contribution in [0, 0.1) is 5.82 Å². The Bertz CT molecular complexity index is 953. The van der Waals surface area contributed by atoms with Gasteiger partial charge in [0, 0.05) is 38.4 Å². The first kappa shape index (κ1) is 24.8. The summed E-state index contributed by atoms with van der Waals surface area (Å²) in [6, 6.07) is 9.81. The van der Waals surface area contributed by atoms with E-state index in [1.54, 1.807) is 13.0 Å². The molecule has 2 aromatic rings. The van der Waals surface area contributed by atoms with E-state index in [2.05, 4.69) is 4.90 Å². The topological polar surface area (TPSA) is 42.0 Å². The molecule has 1 fully saturated rings. The highest BCUT2D eigenvalue weighted by atomic mass is 19.4. The predicted octanol–water partition coefficient (Wildman–Crippen LogP) is 4.89. The average Bonchev–Trinajstić information content (AvgIpc) is 2.76. The van der Waals surface area contributed by atoms with E-state index in [1.165, 1.54) is 38.1 Å². The molecule has 0 aliphatic carbocycles. The van der Waals surface area contributed by atoms with Gasteiger partial charge in [0.2, 0.25) is 0 Å². The molecule has 1 heterocycles. The summed E-state index contributed by atoms with van der Waals surface area (Å²) in [6.45, 7) is 8.16. The lowest BCUT2D eigenvalue weighted by Crippen LogP contribution is -2.46. The Balaban J connectivity index is 1.55. The van der Waals surface area contributed by atoms with Crippen molar-refractivity contribution in [1.29, 1.82) is 0 Å². The van der Waals surface area contributed by atoms with Crippen molar-refractivity contribution in [1.82, 2.24) is 4.90 Å². The minimum atomic E-state index is -4.35. The SMILES string of the molecule is CCOC(=O)C(C)(C)Oc1ccc(CN2CCN(c3ccc(C(F)(F)F)cc3)CC2)cc1F. The fraction of sp³-hybridized carbons (Fsp3) is 0.458. The molecule has 0 aromatic heterocycles. The van der Waals surface area contributed by atoms with Gasteiger partial charge < -0.3 is 14.4 Å². The molecule has 180 valence electrons. The molecule has 0 radical (unpaired) electrons. The van der Waals surface area contributed by atoms with Gasteiger partial charge in [0.15, 0.2) is 17.2 Å². The van der Waals surface area contributed by atoms with Crippen molar-refractivity contribution < 1.29 is 31.8 Å².